The maximum atomic E-state index is 4.89. The van der Waals surface area contributed by atoms with Gasteiger partial charge >= 0.3 is 35.6 Å². The van der Waals surface area contributed by atoms with Crippen molar-refractivity contribution in [3.05, 3.63) is 78.6 Å². The van der Waals surface area contributed by atoms with Gasteiger partial charge in [-0.1, -0.05) is 14.3 Å². The average Bonchev–Trinajstić information content (AvgIpc) is 3.29. The Morgan fingerprint density at radius 1 is 1.27 bits per heavy atom. The molecule has 1 aliphatic rings. The minimum Gasteiger partial charge on any atom is -0.338 e. The zero-order valence-electron chi connectivity index (χ0n) is 11.8. The van der Waals surface area contributed by atoms with Crippen molar-refractivity contribution in [2.75, 3.05) is 0 Å². The van der Waals surface area contributed by atoms with Crippen LogP contribution < -0.4 is 0 Å². The summed E-state index contributed by atoms with van der Waals surface area (Å²) in [6, 6.07) is 12.9. The monoisotopic (exact) mass is 381 g/mol. The maximum absolute atomic E-state index is 4.89. The molecule has 1 heterocycles. The first-order valence-electron chi connectivity index (χ1n) is 6.67. The third kappa shape index (κ3) is 5.50. The molecular formula is C17H14Cl2NPTi-2. The molecule has 4 rings (SSSR count). The normalized spacial score (nSPS) is 11.9. The van der Waals surface area contributed by atoms with Gasteiger partial charge in [0.2, 0.25) is 0 Å². The molecule has 0 bridgehead atoms. The minimum absolute atomic E-state index is 0.556. The van der Waals surface area contributed by atoms with E-state index < -0.39 is 17.0 Å². The van der Waals surface area contributed by atoms with Crippen LogP contribution in [-0.2, 0) is 17.0 Å². The number of fused-ring (bicyclic) bond motifs is 1. The molecule has 112 valence electrons. The van der Waals surface area contributed by atoms with Crippen molar-refractivity contribution in [2.24, 2.45) is 0 Å². The molecule has 3 aromatic rings. The molecule has 0 spiro atoms. The number of aromatic nitrogens is 1. The smallest absolute Gasteiger partial charge is 0.0344 e. The summed E-state index contributed by atoms with van der Waals surface area (Å²) in [5.41, 5.74) is 1.26. The summed E-state index contributed by atoms with van der Waals surface area (Å²) in [5, 5.41) is 2.63. The van der Waals surface area contributed by atoms with Crippen molar-refractivity contribution in [1.82, 2.24) is 4.57 Å². The predicted molar refractivity (Wildman–Crippen MR) is 94.7 cm³/mol. The molecular weight excluding hydrogens is 368 g/mol. The van der Waals surface area contributed by atoms with E-state index in [4.69, 9.17) is 18.6 Å². The van der Waals surface area contributed by atoms with Crippen LogP contribution in [0.15, 0.2) is 72.5 Å². The molecule has 0 saturated carbocycles. The third-order valence-electron chi connectivity index (χ3n) is 2.99. The summed E-state index contributed by atoms with van der Waals surface area (Å²) in [6.07, 6.45) is 12.1. The van der Waals surface area contributed by atoms with Crippen LogP contribution in [0.25, 0.3) is 16.5 Å². The van der Waals surface area contributed by atoms with E-state index in [1.807, 2.05) is 12.2 Å². The second-order valence-electron chi connectivity index (χ2n) is 4.39. The molecule has 1 nitrogen and oxygen atoms in total. The molecule has 0 unspecified atom stereocenters. The summed E-state index contributed by atoms with van der Waals surface area (Å²) >= 11 is -0.556. The van der Waals surface area contributed by atoms with Crippen LogP contribution in [-0.4, -0.2) is 4.57 Å². The van der Waals surface area contributed by atoms with Gasteiger partial charge in [0.1, 0.15) is 0 Å². The van der Waals surface area contributed by atoms with Gasteiger partial charge in [-0.2, -0.15) is 6.08 Å². The van der Waals surface area contributed by atoms with E-state index in [9.17, 15) is 0 Å². The first-order chi connectivity index (χ1) is 10.8. The number of hydrogen-bond donors (Lipinski definition) is 0. The van der Waals surface area contributed by atoms with Crippen molar-refractivity contribution >= 4 is 37.6 Å². The Balaban J connectivity index is 0.000000184. The topological polar surface area (TPSA) is 4.93 Å². The first-order valence-corrected chi connectivity index (χ1v) is 12.0. The largest absolute Gasteiger partial charge is 0.338 e. The van der Waals surface area contributed by atoms with Crippen LogP contribution in [0.4, 0.5) is 0 Å². The Labute approximate surface area is 149 Å². The molecule has 0 N–H and O–H groups in total. The quantitative estimate of drug-likeness (QED) is 0.330. The number of benzene rings is 1. The van der Waals surface area contributed by atoms with Crippen molar-refractivity contribution in [3.63, 3.8) is 0 Å². The van der Waals surface area contributed by atoms with Gasteiger partial charge in [0.25, 0.3) is 0 Å². The number of nitrogens with zero attached hydrogens (tertiary/aromatic N) is 1. The van der Waals surface area contributed by atoms with Crippen molar-refractivity contribution < 1.29 is 17.0 Å². The van der Waals surface area contributed by atoms with Crippen LogP contribution >= 0.6 is 26.8 Å². The molecule has 22 heavy (non-hydrogen) atoms. The molecule has 2 aromatic carbocycles. The van der Waals surface area contributed by atoms with Gasteiger partial charge in [-0.15, -0.1) is 47.5 Å². The summed E-state index contributed by atoms with van der Waals surface area (Å²) in [7, 11) is 11.0. The number of halogens is 2. The Morgan fingerprint density at radius 3 is 2.64 bits per heavy atom. The number of allylic oxidation sites excluding steroid dienone is 4. The van der Waals surface area contributed by atoms with E-state index >= 15 is 0 Å². The summed E-state index contributed by atoms with van der Waals surface area (Å²) < 4.78 is 2.17. The third-order valence-corrected chi connectivity index (χ3v) is 3.68. The number of hydrogen-bond acceptors (Lipinski definition) is 0. The van der Waals surface area contributed by atoms with E-state index in [0.29, 0.717) is 0 Å². The van der Waals surface area contributed by atoms with E-state index in [1.165, 1.54) is 24.7 Å². The van der Waals surface area contributed by atoms with Crippen LogP contribution in [0.2, 0.25) is 0 Å². The number of rotatable bonds is 1. The average molecular weight is 382 g/mol. The zero-order valence-corrected chi connectivity index (χ0v) is 15.8. The fourth-order valence-electron chi connectivity index (χ4n) is 2.04. The van der Waals surface area contributed by atoms with Gasteiger partial charge in [0.15, 0.2) is 0 Å². The van der Waals surface area contributed by atoms with E-state index in [-0.39, 0.29) is 0 Å². The summed E-state index contributed by atoms with van der Waals surface area (Å²) in [6.45, 7) is 0. The summed E-state index contributed by atoms with van der Waals surface area (Å²) in [4.78, 5) is 0. The van der Waals surface area contributed by atoms with Crippen LogP contribution in [0.5, 0.6) is 0 Å². The summed E-state index contributed by atoms with van der Waals surface area (Å²) in [5.74, 6) is 4.30. The zero-order chi connectivity index (χ0) is 15.6. The molecule has 1 aromatic heterocycles. The maximum Gasteiger partial charge on any atom is 0.0344 e. The molecule has 0 amide bonds. The van der Waals surface area contributed by atoms with E-state index in [2.05, 4.69) is 71.0 Å². The fourth-order valence-corrected chi connectivity index (χ4v) is 2.69. The van der Waals surface area contributed by atoms with Crippen molar-refractivity contribution in [1.29, 1.82) is 0 Å². The minimum atomic E-state index is -0.556. The van der Waals surface area contributed by atoms with Crippen molar-refractivity contribution in [3.8, 4) is 5.69 Å². The fraction of sp³-hybridized carbons (Fsp3) is 0.0588. The second-order valence-corrected chi connectivity index (χ2v) is 7.79. The molecule has 0 radical (unpaired) electrons. The van der Waals surface area contributed by atoms with E-state index in [0.717, 1.165) is 6.42 Å². The molecule has 5 heteroatoms. The van der Waals surface area contributed by atoms with Gasteiger partial charge in [-0.05, 0) is 11.5 Å². The standard InChI is InChI=1S/C12H9NP.C5H5.2ClH.Ti/c1-2-4-11-8-12(7-10(11)3-1)13-5-6-14-9-13;1-2-4-5-3-1;;;/h1-9H;1-3H,4H2;2*1H;/q2*-1;;;+2/p-2. The first kappa shape index (κ1) is 17.7. The van der Waals surface area contributed by atoms with Gasteiger partial charge in [-0.3, -0.25) is 6.08 Å². The molecule has 1 aliphatic carbocycles. The molecule has 0 aliphatic heterocycles. The molecule has 0 saturated heterocycles. The van der Waals surface area contributed by atoms with Gasteiger partial charge in [-0.25, -0.2) is 12.2 Å². The SMILES string of the molecule is [C-]1=CC=CC1.[Cl][Ti][Cl].c1ccc2[cH-]c(-n3ccpc3)cc2c1. The van der Waals surface area contributed by atoms with Crippen LogP contribution in [0.3, 0.4) is 0 Å². The second kappa shape index (κ2) is 10.2. The van der Waals surface area contributed by atoms with Gasteiger partial charge in [0, 0.05) is 12.1 Å². The molecule has 0 atom stereocenters. The van der Waals surface area contributed by atoms with E-state index in [1.54, 1.807) is 0 Å². The Bertz CT molecular complexity index is 689. The Hall–Kier alpha value is -0.686. The molecule has 0 fully saturated rings. The van der Waals surface area contributed by atoms with Crippen molar-refractivity contribution in [2.45, 2.75) is 6.42 Å². The van der Waals surface area contributed by atoms with Gasteiger partial charge < -0.3 is 4.57 Å². The van der Waals surface area contributed by atoms with Crippen LogP contribution in [0, 0.1) is 6.08 Å². The Kier molecular flexibility index (Phi) is 8.16. The van der Waals surface area contributed by atoms with Gasteiger partial charge in [0.05, 0.1) is 0 Å². The predicted octanol–water partition coefficient (Wildman–Crippen LogP) is 6.61. The van der Waals surface area contributed by atoms with Crippen LogP contribution in [0.1, 0.15) is 6.42 Å². The Morgan fingerprint density at radius 2 is 2.09 bits per heavy atom.